The van der Waals surface area contributed by atoms with Gasteiger partial charge >= 0.3 is 5.69 Å². The Morgan fingerprint density at radius 1 is 1.38 bits per heavy atom. The number of hydrogen-bond acceptors (Lipinski definition) is 9. The van der Waals surface area contributed by atoms with E-state index in [9.17, 15) is 15.2 Å². The summed E-state index contributed by atoms with van der Waals surface area (Å²) in [5.74, 6) is 0.244. The first-order chi connectivity index (χ1) is 12.5. The lowest BCUT2D eigenvalue weighted by Crippen LogP contribution is -2.28. The summed E-state index contributed by atoms with van der Waals surface area (Å²) in [5, 5.41) is 24.3. The van der Waals surface area contributed by atoms with Crippen LogP contribution in [0.1, 0.15) is 12.5 Å². The zero-order valence-corrected chi connectivity index (χ0v) is 15.2. The fraction of sp³-hybridized carbons (Fsp3) is 0.312. The van der Waals surface area contributed by atoms with E-state index in [2.05, 4.69) is 20.3 Å². The van der Waals surface area contributed by atoms with Gasteiger partial charge in [-0.2, -0.15) is 0 Å². The highest BCUT2D eigenvalue weighted by Gasteiger charge is 2.27. The molecule has 136 valence electrons. The van der Waals surface area contributed by atoms with Gasteiger partial charge in [0.1, 0.15) is 6.33 Å². The lowest BCUT2D eigenvalue weighted by atomic mass is 10.2. The number of anilines is 3. The van der Waals surface area contributed by atoms with Gasteiger partial charge in [0.2, 0.25) is 11.6 Å². The molecule has 0 saturated heterocycles. The van der Waals surface area contributed by atoms with E-state index in [1.807, 2.05) is 32.0 Å². The Labute approximate surface area is 153 Å². The van der Waals surface area contributed by atoms with Gasteiger partial charge < -0.3 is 15.3 Å². The molecule has 2 aromatic heterocycles. The monoisotopic (exact) mass is 374 g/mol. The minimum absolute atomic E-state index is 0.0761. The molecule has 3 rings (SSSR count). The van der Waals surface area contributed by atoms with Crippen molar-refractivity contribution in [2.45, 2.75) is 13.8 Å². The summed E-state index contributed by atoms with van der Waals surface area (Å²) >= 11 is 1.40. The molecule has 0 aliphatic heterocycles. The van der Waals surface area contributed by atoms with Crippen molar-refractivity contribution in [3.8, 4) is 0 Å². The molecule has 2 N–H and O–H groups in total. The first-order valence-corrected chi connectivity index (χ1v) is 8.84. The third-order valence-electron chi connectivity index (χ3n) is 3.81. The van der Waals surface area contributed by atoms with Crippen LogP contribution in [-0.2, 0) is 0 Å². The van der Waals surface area contributed by atoms with Gasteiger partial charge in [-0.05, 0) is 31.5 Å². The van der Waals surface area contributed by atoms with Crippen LogP contribution in [0.25, 0.3) is 10.2 Å². The Morgan fingerprint density at radius 3 is 2.88 bits per heavy atom. The minimum Gasteiger partial charge on any atom is -0.395 e. The number of thiazole rings is 1. The lowest BCUT2D eigenvalue weighted by Gasteiger charge is -2.20. The number of aliphatic hydroxyl groups is 1. The Kier molecular flexibility index (Phi) is 5.24. The van der Waals surface area contributed by atoms with Gasteiger partial charge in [0.15, 0.2) is 5.13 Å². The second-order valence-corrected chi connectivity index (χ2v) is 6.60. The van der Waals surface area contributed by atoms with Gasteiger partial charge in [-0.3, -0.25) is 10.1 Å². The van der Waals surface area contributed by atoms with Gasteiger partial charge in [-0.25, -0.2) is 15.0 Å². The Balaban J connectivity index is 2.01. The molecule has 0 amide bonds. The van der Waals surface area contributed by atoms with E-state index in [4.69, 9.17) is 0 Å². The molecule has 1 aromatic carbocycles. The van der Waals surface area contributed by atoms with Crippen molar-refractivity contribution in [2.75, 3.05) is 29.9 Å². The number of aromatic nitrogens is 3. The van der Waals surface area contributed by atoms with Crippen LogP contribution in [-0.4, -0.2) is 44.7 Å². The van der Waals surface area contributed by atoms with E-state index in [0.717, 1.165) is 15.8 Å². The molecule has 10 heteroatoms. The summed E-state index contributed by atoms with van der Waals surface area (Å²) in [6, 6.07) is 5.88. The maximum atomic E-state index is 11.7. The quantitative estimate of drug-likeness (QED) is 0.479. The number of nitrogens with one attached hydrogen (secondary N) is 1. The van der Waals surface area contributed by atoms with E-state index in [0.29, 0.717) is 11.7 Å². The van der Waals surface area contributed by atoms with Crippen LogP contribution in [0.4, 0.5) is 22.5 Å². The molecule has 0 aliphatic carbocycles. The summed E-state index contributed by atoms with van der Waals surface area (Å²) in [7, 11) is 0. The molecule has 0 saturated carbocycles. The average molecular weight is 374 g/mol. The van der Waals surface area contributed by atoms with E-state index in [1.165, 1.54) is 17.7 Å². The summed E-state index contributed by atoms with van der Waals surface area (Å²) < 4.78 is 0.986. The maximum absolute atomic E-state index is 11.7. The van der Waals surface area contributed by atoms with E-state index >= 15 is 0 Å². The van der Waals surface area contributed by atoms with Crippen LogP contribution in [0, 0.1) is 17.0 Å². The molecule has 0 radical (unpaired) electrons. The van der Waals surface area contributed by atoms with E-state index in [-0.39, 0.29) is 30.5 Å². The number of hydrogen-bond donors (Lipinski definition) is 2. The summed E-state index contributed by atoms with van der Waals surface area (Å²) in [6.45, 7) is 4.42. The van der Waals surface area contributed by atoms with Crippen LogP contribution in [0.15, 0.2) is 24.5 Å². The van der Waals surface area contributed by atoms with E-state index in [1.54, 1.807) is 4.90 Å². The summed E-state index contributed by atoms with van der Waals surface area (Å²) in [5.41, 5.74) is 1.69. The predicted octanol–water partition coefficient (Wildman–Crippen LogP) is 2.87. The van der Waals surface area contributed by atoms with Gasteiger partial charge in [0.05, 0.1) is 21.7 Å². The van der Waals surface area contributed by atoms with Crippen molar-refractivity contribution >= 4 is 44.0 Å². The zero-order valence-electron chi connectivity index (χ0n) is 14.3. The number of nitro groups is 1. The topological polar surface area (TPSA) is 117 Å². The molecule has 2 heterocycles. The SMILES string of the molecule is CCN(CCO)c1ncnc(Nc2nc3ccc(C)cc3s2)c1[N+](=O)[O-]. The maximum Gasteiger partial charge on any atom is 0.353 e. The third kappa shape index (κ3) is 3.55. The number of nitrogens with zero attached hydrogens (tertiary/aromatic N) is 5. The fourth-order valence-corrected chi connectivity index (χ4v) is 3.54. The van der Waals surface area contributed by atoms with Crippen LogP contribution in [0.3, 0.4) is 0 Å². The second kappa shape index (κ2) is 7.58. The van der Waals surface area contributed by atoms with Crippen molar-refractivity contribution in [3.63, 3.8) is 0 Å². The number of rotatable bonds is 7. The Morgan fingerprint density at radius 2 is 2.19 bits per heavy atom. The van der Waals surface area contributed by atoms with E-state index < -0.39 is 4.92 Å². The molecular weight excluding hydrogens is 356 g/mol. The van der Waals surface area contributed by atoms with Crippen LogP contribution in [0.5, 0.6) is 0 Å². The Hall–Kier alpha value is -2.85. The molecular formula is C16H18N6O3S. The third-order valence-corrected chi connectivity index (χ3v) is 4.74. The lowest BCUT2D eigenvalue weighted by molar-refractivity contribution is -0.383. The molecule has 0 atom stereocenters. The van der Waals surface area contributed by atoms with Crippen LogP contribution < -0.4 is 10.2 Å². The van der Waals surface area contributed by atoms with Crippen molar-refractivity contribution in [2.24, 2.45) is 0 Å². The number of likely N-dealkylation sites (N-methyl/N-ethyl adjacent to an activating group) is 1. The molecule has 0 aliphatic rings. The van der Waals surface area contributed by atoms with Gasteiger partial charge in [-0.15, -0.1) is 0 Å². The summed E-state index contributed by atoms with van der Waals surface area (Å²) in [6.07, 6.45) is 1.27. The Bertz CT molecular complexity index is 945. The van der Waals surface area contributed by atoms with Gasteiger partial charge in [-0.1, -0.05) is 17.4 Å². The second-order valence-electron chi connectivity index (χ2n) is 5.57. The molecule has 9 nitrogen and oxygen atoms in total. The van der Waals surface area contributed by atoms with Gasteiger partial charge in [0.25, 0.3) is 0 Å². The molecule has 0 fully saturated rings. The number of benzene rings is 1. The van der Waals surface area contributed by atoms with Crippen LogP contribution >= 0.6 is 11.3 Å². The number of fused-ring (bicyclic) bond motifs is 1. The highest BCUT2D eigenvalue weighted by Crippen LogP contribution is 2.35. The molecule has 0 spiro atoms. The van der Waals surface area contributed by atoms with Crippen LogP contribution in [0.2, 0.25) is 0 Å². The standard InChI is InChI=1S/C16H18N6O3S/c1-3-21(6-7-23)15-13(22(24)25)14(17-9-18-15)20-16-19-11-5-4-10(2)8-12(11)26-16/h4-5,8-9,23H,3,6-7H2,1-2H3,(H,17,18,19,20). The zero-order chi connectivity index (χ0) is 18.7. The first-order valence-electron chi connectivity index (χ1n) is 8.03. The highest BCUT2D eigenvalue weighted by atomic mass is 32.1. The molecule has 3 aromatic rings. The van der Waals surface area contributed by atoms with Crippen molar-refractivity contribution < 1.29 is 10.0 Å². The predicted molar refractivity (Wildman–Crippen MR) is 101 cm³/mol. The number of aryl methyl sites for hydroxylation is 1. The normalized spacial score (nSPS) is 10.9. The summed E-state index contributed by atoms with van der Waals surface area (Å²) in [4.78, 5) is 25.3. The molecule has 0 bridgehead atoms. The first kappa shape index (κ1) is 18.0. The molecule has 26 heavy (non-hydrogen) atoms. The minimum atomic E-state index is -0.519. The van der Waals surface area contributed by atoms with Crippen molar-refractivity contribution in [1.29, 1.82) is 0 Å². The highest BCUT2D eigenvalue weighted by molar-refractivity contribution is 7.22. The average Bonchev–Trinajstić information content (AvgIpc) is 3.00. The largest absolute Gasteiger partial charge is 0.395 e. The smallest absolute Gasteiger partial charge is 0.353 e. The molecule has 0 unspecified atom stereocenters. The number of aliphatic hydroxyl groups excluding tert-OH is 1. The fourth-order valence-electron chi connectivity index (χ4n) is 2.58. The van der Waals surface area contributed by atoms with Crippen molar-refractivity contribution in [3.05, 3.63) is 40.2 Å². The van der Waals surface area contributed by atoms with Gasteiger partial charge in [0, 0.05) is 13.1 Å². The van der Waals surface area contributed by atoms with Crippen molar-refractivity contribution in [1.82, 2.24) is 15.0 Å².